The van der Waals surface area contributed by atoms with Gasteiger partial charge in [0.05, 0.1) is 0 Å². The number of hydrogen-bond donors (Lipinski definition) is 1. The zero-order valence-corrected chi connectivity index (χ0v) is 9.17. The predicted octanol–water partition coefficient (Wildman–Crippen LogP) is 1.33. The van der Waals surface area contributed by atoms with E-state index in [1.165, 1.54) is 10.6 Å². The number of nitrogens with zero attached hydrogens (tertiary/aromatic N) is 2. The summed E-state index contributed by atoms with van der Waals surface area (Å²) in [5, 5.41) is 0. The number of nitrogen functional groups attached to an aromatic ring is 1. The molecule has 0 bridgehead atoms. The average molecular weight is 223 g/mol. The SMILES string of the molecule is C=CCn1c(N)cc(=O)n(CC=C)c1=S. The first-order chi connectivity index (χ1) is 7.11. The molecule has 1 heterocycles. The first-order valence-electron chi connectivity index (χ1n) is 4.43. The molecule has 0 saturated heterocycles. The quantitative estimate of drug-likeness (QED) is 0.619. The lowest BCUT2D eigenvalue weighted by molar-refractivity contribution is 0.660. The summed E-state index contributed by atoms with van der Waals surface area (Å²) in [5.41, 5.74) is 5.47. The lowest BCUT2D eigenvalue weighted by Crippen LogP contribution is -2.25. The lowest BCUT2D eigenvalue weighted by atomic mass is 10.5. The van der Waals surface area contributed by atoms with Crippen LogP contribution >= 0.6 is 12.2 Å². The van der Waals surface area contributed by atoms with E-state index in [2.05, 4.69) is 13.2 Å². The van der Waals surface area contributed by atoms with Crippen molar-refractivity contribution in [1.29, 1.82) is 0 Å². The number of nitrogens with two attached hydrogens (primary N) is 1. The number of anilines is 1. The molecule has 1 rings (SSSR count). The molecule has 0 amide bonds. The Kier molecular flexibility index (Phi) is 3.62. The highest BCUT2D eigenvalue weighted by molar-refractivity contribution is 7.71. The van der Waals surface area contributed by atoms with Crippen LogP contribution in [0.15, 0.2) is 36.2 Å². The van der Waals surface area contributed by atoms with Crippen molar-refractivity contribution in [2.45, 2.75) is 13.1 Å². The second-order valence-electron chi connectivity index (χ2n) is 2.99. The minimum atomic E-state index is -0.210. The van der Waals surface area contributed by atoms with E-state index < -0.39 is 0 Å². The molecule has 4 nitrogen and oxygen atoms in total. The van der Waals surface area contributed by atoms with Gasteiger partial charge in [-0.25, -0.2) is 0 Å². The van der Waals surface area contributed by atoms with E-state index >= 15 is 0 Å². The van der Waals surface area contributed by atoms with Gasteiger partial charge in [-0.05, 0) is 12.2 Å². The summed E-state index contributed by atoms with van der Waals surface area (Å²) >= 11 is 5.15. The fourth-order valence-corrected chi connectivity index (χ4v) is 1.59. The molecular formula is C10H13N3OS. The minimum Gasteiger partial charge on any atom is -0.385 e. The van der Waals surface area contributed by atoms with E-state index in [9.17, 15) is 4.79 Å². The zero-order chi connectivity index (χ0) is 11.4. The van der Waals surface area contributed by atoms with Crippen molar-refractivity contribution in [2.75, 3.05) is 5.73 Å². The summed E-state index contributed by atoms with van der Waals surface area (Å²) < 4.78 is 3.47. The molecule has 1 aromatic heterocycles. The van der Waals surface area contributed by atoms with Crippen LogP contribution in [0.2, 0.25) is 0 Å². The summed E-state index contributed by atoms with van der Waals surface area (Å²) in [7, 11) is 0. The van der Waals surface area contributed by atoms with Crippen LogP contribution < -0.4 is 11.3 Å². The molecule has 0 fully saturated rings. The largest absolute Gasteiger partial charge is 0.385 e. The topological polar surface area (TPSA) is 52.9 Å². The van der Waals surface area contributed by atoms with Crippen LogP contribution in [-0.2, 0) is 13.1 Å². The van der Waals surface area contributed by atoms with Gasteiger partial charge in [-0.1, -0.05) is 12.2 Å². The molecule has 0 aliphatic heterocycles. The third-order valence-electron chi connectivity index (χ3n) is 1.93. The maximum atomic E-state index is 11.5. The van der Waals surface area contributed by atoms with Crippen molar-refractivity contribution in [3.63, 3.8) is 0 Å². The van der Waals surface area contributed by atoms with Crippen molar-refractivity contribution in [3.8, 4) is 0 Å². The first-order valence-corrected chi connectivity index (χ1v) is 4.84. The monoisotopic (exact) mass is 223 g/mol. The standard InChI is InChI=1S/C10H13N3OS/c1-3-5-12-8(11)7-9(14)13(6-4-2)10(12)15/h3-4,7H,1-2,5-6,11H2. The number of rotatable bonds is 4. The molecule has 0 aromatic carbocycles. The van der Waals surface area contributed by atoms with Crippen molar-refractivity contribution in [1.82, 2.24) is 9.13 Å². The molecule has 0 saturated carbocycles. The van der Waals surface area contributed by atoms with Crippen LogP contribution in [0.5, 0.6) is 0 Å². The Morgan fingerprint density at radius 2 is 1.87 bits per heavy atom. The van der Waals surface area contributed by atoms with Gasteiger partial charge in [-0.15, -0.1) is 13.2 Å². The summed E-state index contributed by atoms with van der Waals surface area (Å²) in [5.74, 6) is 0.352. The second kappa shape index (κ2) is 4.75. The maximum Gasteiger partial charge on any atom is 0.256 e. The molecule has 80 valence electrons. The molecular weight excluding hydrogens is 210 g/mol. The summed E-state index contributed by atoms with van der Waals surface area (Å²) in [6.07, 6.45) is 3.29. The Labute approximate surface area is 93.0 Å². The molecule has 0 spiro atoms. The van der Waals surface area contributed by atoms with E-state index in [0.29, 0.717) is 23.7 Å². The molecule has 0 aliphatic rings. The number of hydrogen-bond acceptors (Lipinski definition) is 3. The molecule has 2 N–H and O–H groups in total. The third kappa shape index (κ3) is 2.24. The fraction of sp³-hybridized carbons (Fsp3) is 0.200. The zero-order valence-electron chi connectivity index (χ0n) is 8.35. The molecule has 0 unspecified atom stereocenters. The Morgan fingerprint density at radius 1 is 1.33 bits per heavy atom. The van der Waals surface area contributed by atoms with Crippen LogP contribution in [0.4, 0.5) is 5.82 Å². The maximum absolute atomic E-state index is 11.5. The van der Waals surface area contributed by atoms with Crippen molar-refractivity contribution < 1.29 is 0 Å². The van der Waals surface area contributed by atoms with E-state index in [-0.39, 0.29) is 5.56 Å². The first kappa shape index (κ1) is 11.5. The minimum absolute atomic E-state index is 0.210. The second-order valence-corrected chi connectivity index (χ2v) is 3.35. The van der Waals surface area contributed by atoms with Gasteiger partial charge in [0.15, 0.2) is 4.77 Å². The smallest absolute Gasteiger partial charge is 0.256 e. The van der Waals surface area contributed by atoms with Gasteiger partial charge in [0, 0.05) is 19.2 Å². The van der Waals surface area contributed by atoms with Crippen molar-refractivity contribution in [2.24, 2.45) is 0 Å². The van der Waals surface area contributed by atoms with Crippen LogP contribution in [0.3, 0.4) is 0 Å². The van der Waals surface area contributed by atoms with Gasteiger partial charge in [-0.3, -0.25) is 9.36 Å². The molecule has 1 aromatic rings. The molecule has 0 aliphatic carbocycles. The Bertz CT molecular complexity index is 498. The predicted molar refractivity (Wildman–Crippen MR) is 64.3 cm³/mol. The highest BCUT2D eigenvalue weighted by Crippen LogP contribution is 2.02. The van der Waals surface area contributed by atoms with Crippen LogP contribution in [0, 0.1) is 4.77 Å². The van der Waals surface area contributed by atoms with Gasteiger partial charge >= 0.3 is 0 Å². The van der Waals surface area contributed by atoms with Crippen LogP contribution in [0.25, 0.3) is 0 Å². The van der Waals surface area contributed by atoms with Crippen molar-refractivity contribution >= 4 is 18.0 Å². The van der Waals surface area contributed by atoms with Crippen LogP contribution in [-0.4, -0.2) is 9.13 Å². The fourth-order valence-electron chi connectivity index (χ4n) is 1.24. The molecule has 5 heteroatoms. The Morgan fingerprint density at radius 3 is 2.40 bits per heavy atom. The van der Waals surface area contributed by atoms with E-state index in [1.807, 2.05) is 0 Å². The van der Waals surface area contributed by atoms with Crippen LogP contribution in [0.1, 0.15) is 0 Å². The van der Waals surface area contributed by atoms with Gasteiger partial charge < -0.3 is 10.3 Å². The van der Waals surface area contributed by atoms with Gasteiger partial charge in [-0.2, -0.15) is 0 Å². The highest BCUT2D eigenvalue weighted by atomic mass is 32.1. The summed E-state index contributed by atoms with van der Waals surface area (Å²) in [6.45, 7) is 8.05. The Hall–Kier alpha value is -1.62. The average Bonchev–Trinajstić information content (AvgIpc) is 2.19. The van der Waals surface area contributed by atoms with E-state index in [0.717, 1.165) is 0 Å². The molecule has 0 radical (unpaired) electrons. The number of aromatic nitrogens is 2. The van der Waals surface area contributed by atoms with E-state index in [1.54, 1.807) is 16.7 Å². The van der Waals surface area contributed by atoms with Gasteiger partial charge in [0.2, 0.25) is 0 Å². The van der Waals surface area contributed by atoms with Crippen molar-refractivity contribution in [3.05, 3.63) is 46.5 Å². The molecule has 15 heavy (non-hydrogen) atoms. The highest BCUT2D eigenvalue weighted by Gasteiger charge is 2.03. The number of allylic oxidation sites excluding steroid dienone is 2. The van der Waals surface area contributed by atoms with Gasteiger partial charge in [0.25, 0.3) is 5.56 Å². The van der Waals surface area contributed by atoms with Gasteiger partial charge in [0.1, 0.15) is 5.82 Å². The van der Waals surface area contributed by atoms with E-state index in [4.69, 9.17) is 18.0 Å². The summed E-state index contributed by atoms with van der Waals surface area (Å²) in [4.78, 5) is 11.5. The normalized spacial score (nSPS) is 9.87. The Balaban J connectivity index is 3.48. The molecule has 0 atom stereocenters. The lowest BCUT2D eigenvalue weighted by Gasteiger charge is -2.11. The summed E-state index contributed by atoms with van der Waals surface area (Å²) in [6, 6.07) is 1.35. The third-order valence-corrected chi connectivity index (χ3v) is 2.37.